The average Bonchev–Trinajstić information content (AvgIpc) is 2.66. The lowest BCUT2D eigenvalue weighted by Crippen LogP contribution is -2.57. The van der Waals surface area contributed by atoms with Crippen LogP contribution in [0.3, 0.4) is 0 Å². The van der Waals surface area contributed by atoms with Gasteiger partial charge in [-0.25, -0.2) is 0 Å². The van der Waals surface area contributed by atoms with Crippen molar-refractivity contribution in [1.82, 2.24) is 0 Å². The Hall–Kier alpha value is -0.370. The third kappa shape index (κ3) is 0.634. The molecular formula is C10H16NO+. The van der Waals surface area contributed by atoms with Gasteiger partial charge in [-0.15, -0.1) is 0 Å². The van der Waals surface area contributed by atoms with Gasteiger partial charge in [0, 0.05) is 11.8 Å². The first-order valence-electron chi connectivity index (χ1n) is 4.96. The molecule has 0 unspecified atom stereocenters. The number of carbonyl (C=O) groups is 1. The molecule has 3 aliphatic rings. The summed E-state index contributed by atoms with van der Waals surface area (Å²) in [6.45, 7) is 0. The van der Waals surface area contributed by atoms with Crippen molar-refractivity contribution in [3.05, 3.63) is 0 Å². The van der Waals surface area contributed by atoms with Crippen LogP contribution in [0.1, 0.15) is 19.3 Å². The summed E-state index contributed by atoms with van der Waals surface area (Å²) in [5, 5.41) is 0. The van der Waals surface area contributed by atoms with E-state index < -0.39 is 0 Å². The minimum absolute atomic E-state index is 0.523. The van der Waals surface area contributed by atoms with Gasteiger partial charge in [-0.3, -0.25) is 4.79 Å². The molecule has 0 N–H and O–H groups in total. The number of nitrogens with zero attached hydrogens (tertiary/aromatic N) is 1. The van der Waals surface area contributed by atoms with Crippen LogP contribution >= 0.6 is 0 Å². The predicted octanol–water partition coefficient (Wildman–Crippen LogP) is 0.813. The SMILES string of the molecule is C[N+]1(C)[C@H]2CC(=O)C[C@H]1[C@H]1C[C@@H]12. The van der Waals surface area contributed by atoms with Crippen LogP contribution < -0.4 is 0 Å². The van der Waals surface area contributed by atoms with Crippen LogP contribution in [-0.2, 0) is 4.79 Å². The van der Waals surface area contributed by atoms with E-state index in [1.807, 2.05) is 0 Å². The van der Waals surface area contributed by atoms with Crippen LogP contribution in [0.15, 0.2) is 0 Å². The molecule has 3 rings (SSSR count). The fourth-order valence-electron chi connectivity index (χ4n) is 3.68. The first-order chi connectivity index (χ1) is 5.60. The van der Waals surface area contributed by atoms with E-state index in [1.165, 1.54) is 6.42 Å². The lowest BCUT2D eigenvalue weighted by atomic mass is 9.95. The maximum Gasteiger partial charge on any atom is 0.144 e. The highest BCUT2D eigenvalue weighted by molar-refractivity contribution is 5.80. The van der Waals surface area contributed by atoms with Crippen LogP contribution in [0.5, 0.6) is 0 Å². The van der Waals surface area contributed by atoms with Gasteiger partial charge in [-0.2, -0.15) is 0 Å². The van der Waals surface area contributed by atoms with Gasteiger partial charge in [0.25, 0.3) is 0 Å². The maximum absolute atomic E-state index is 11.4. The molecule has 2 nitrogen and oxygen atoms in total. The highest BCUT2D eigenvalue weighted by Crippen LogP contribution is 2.59. The number of ketones is 1. The standard InChI is InChI=1S/C10H16NO/c1-11(2)9-3-6(12)4-10(11)8-5-7(8)9/h7-10H,3-5H2,1-2H3/q+1/t7-,8-,9-,10-/m0/s1. The molecule has 0 radical (unpaired) electrons. The smallest absolute Gasteiger partial charge is 0.144 e. The summed E-state index contributed by atoms with van der Waals surface area (Å²) < 4.78 is 1.14. The number of rotatable bonds is 0. The van der Waals surface area contributed by atoms with Gasteiger partial charge in [0.05, 0.1) is 39.0 Å². The van der Waals surface area contributed by atoms with Crippen molar-refractivity contribution in [1.29, 1.82) is 0 Å². The van der Waals surface area contributed by atoms with E-state index in [9.17, 15) is 4.79 Å². The number of carbonyl (C=O) groups excluding carboxylic acids is 1. The van der Waals surface area contributed by atoms with Gasteiger partial charge in [0.1, 0.15) is 5.78 Å². The first kappa shape index (κ1) is 7.07. The zero-order chi connectivity index (χ0) is 8.51. The van der Waals surface area contributed by atoms with Crippen LogP contribution in [0, 0.1) is 11.8 Å². The molecule has 12 heavy (non-hydrogen) atoms. The number of hydrogen-bond donors (Lipinski definition) is 0. The largest absolute Gasteiger partial charge is 0.322 e. The van der Waals surface area contributed by atoms with Crippen molar-refractivity contribution in [3.63, 3.8) is 0 Å². The second kappa shape index (κ2) is 1.77. The Bertz CT molecular complexity index is 237. The van der Waals surface area contributed by atoms with E-state index in [4.69, 9.17) is 0 Å². The molecule has 1 aliphatic carbocycles. The molecule has 3 fully saturated rings. The van der Waals surface area contributed by atoms with Crippen molar-refractivity contribution >= 4 is 5.78 Å². The Morgan fingerprint density at radius 1 is 1.17 bits per heavy atom. The van der Waals surface area contributed by atoms with Crippen LogP contribution in [0.2, 0.25) is 0 Å². The topological polar surface area (TPSA) is 17.1 Å². The Kier molecular flexibility index (Phi) is 1.04. The van der Waals surface area contributed by atoms with Crippen molar-refractivity contribution in [2.24, 2.45) is 11.8 Å². The number of fused-ring (bicyclic) bond motifs is 5. The maximum atomic E-state index is 11.4. The zero-order valence-corrected chi connectivity index (χ0v) is 7.79. The summed E-state index contributed by atoms with van der Waals surface area (Å²) in [4.78, 5) is 11.4. The Labute approximate surface area is 73.1 Å². The third-order valence-corrected chi connectivity index (χ3v) is 4.46. The van der Waals surface area contributed by atoms with Crippen molar-refractivity contribution < 1.29 is 9.28 Å². The van der Waals surface area contributed by atoms with Crippen molar-refractivity contribution in [2.75, 3.05) is 14.1 Å². The molecule has 2 heterocycles. The fraction of sp³-hybridized carbons (Fsp3) is 0.900. The van der Waals surface area contributed by atoms with E-state index in [0.717, 1.165) is 29.2 Å². The van der Waals surface area contributed by atoms with Gasteiger partial charge in [-0.1, -0.05) is 0 Å². The molecule has 0 amide bonds. The van der Waals surface area contributed by atoms with E-state index in [-0.39, 0.29) is 0 Å². The normalized spacial score (nSPS) is 53.7. The summed E-state index contributed by atoms with van der Waals surface area (Å²) in [6.07, 6.45) is 3.15. The minimum Gasteiger partial charge on any atom is -0.322 e. The molecule has 4 atom stereocenters. The molecule has 1 saturated carbocycles. The molecule has 2 heteroatoms. The highest BCUT2D eigenvalue weighted by atomic mass is 16.1. The lowest BCUT2D eigenvalue weighted by molar-refractivity contribution is -0.932. The number of quaternary nitrogens is 1. The Balaban J connectivity index is 2.01. The van der Waals surface area contributed by atoms with Gasteiger partial charge < -0.3 is 4.48 Å². The monoisotopic (exact) mass is 166 g/mol. The molecule has 2 saturated heterocycles. The summed E-state index contributed by atoms with van der Waals surface area (Å²) >= 11 is 0. The van der Waals surface area contributed by atoms with Gasteiger partial charge in [-0.05, 0) is 6.42 Å². The molecule has 2 bridgehead atoms. The minimum atomic E-state index is 0.523. The number of Topliss-reactive ketones (excluding diaryl/α,β-unsaturated/α-hetero) is 1. The Morgan fingerprint density at radius 2 is 1.67 bits per heavy atom. The summed E-state index contributed by atoms with van der Waals surface area (Å²) in [7, 11) is 4.63. The van der Waals surface area contributed by atoms with Crippen molar-refractivity contribution in [2.45, 2.75) is 31.3 Å². The average molecular weight is 166 g/mol. The Morgan fingerprint density at radius 3 is 2.17 bits per heavy atom. The fourth-order valence-corrected chi connectivity index (χ4v) is 3.68. The highest BCUT2D eigenvalue weighted by Gasteiger charge is 2.67. The predicted molar refractivity (Wildman–Crippen MR) is 45.5 cm³/mol. The second-order valence-corrected chi connectivity index (χ2v) is 5.27. The first-order valence-corrected chi connectivity index (χ1v) is 4.96. The zero-order valence-electron chi connectivity index (χ0n) is 7.79. The quantitative estimate of drug-likeness (QED) is 0.487. The van der Waals surface area contributed by atoms with Gasteiger partial charge >= 0.3 is 0 Å². The van der Waals surface area contributed by atoms with E-state index in [1.54, 1.807) is 0 Å². The van der Waals surface area contributed by atoms with Crippen LogP contribution in [-0.4, -0.2) is 36.4 Å². The molecular weight excluding hydrogens is 150 g/mol. The lowest BCUT2D eigenvalue weighted by Gasteiger charge is -2.43. The van der Waals surface area contributed by atoms with Crippen LogP contribution in [0.25, 0.3) is 0 Å². The van der Waals surface area contributed by atoms with Crippen molar-refractivity contribution in [3.8, 4) is 0 Å². The van der Waals surface area contributed by atoms with E-state index in [2.05, 4.69) is 14.1 Å². The molecule has 0 spiro atoms. The molecule has 66 valence electrons. The van der Waals surface area contributed by atoms with Gasteiger partial charge in [0.2, 0.25) is 0 Å². The molecule has 0 aromatic heterocycles. The van der Waals surface area contributed by atoms with Crippen LogP contribution in [0.4, 0.5) is 0 Å². The molecule has 2 aliphatic heterocycles. The summed E-state index contributed by atoms with van der Waals surface area (Å²) in [5.74, 6) is 2.35. The molecule has 0 aromatic rings. The number of hydrogen-bond acceptors (Lipinski definition) is 1. The second-order valence-electron chi connectivity index (χ2n) is 5.27. The number of piperidine rings is 2. The summed E-state index contributed by atoms with van der Waals surface area (Å²) in [6, 6.07) is 1.36. The van der Waals surface area contributed by atoms with Gasteiger partial charge in [0.15, 0.2) is 0 Å². The summed E-state index contributed by atoms with van der Waals surface area (Å²) in [5.41, 5.74) is 0. The third-order valence-electron chi connectivity index (χ3n) is 4.46. The molecule has 0 aromatic carbocycles. The van der Waals surface area contributed by atoms with E-state index in [0.29, 0.717) is 17.9 Å². The van der Waals surface area contributed by atoms with E-state index >= 15 is 0 Å².